The molecule has 160 valence electrons. The average Bonchev–Trinajstić information content (AvgIpc) is 2.67. The van der Waals surface area contributed by atoms with Gasteiger partial charge in [-0.1, -0.05) is 25.1 Å². The number of methoxy groups -OCH3 is 1. The lowest BCUT2D eigenvalue weighted by Gasteiger charge is -2.16. The van der Waals surface area contributed by atoms with Gasteiger partial charge in [0.05, 0.1) is 19.8 Å². The maximum absolute atomic E-state index is 12.5. The van der Waals surface area contributed by atoms with Gasteiger partial charge in [0.2, 0.25) is 5.91 Å². The Morgan fingerprint density at radius 2 is 1.57 bits per heavy atom. The maximum atomic E-state index is 12.5. The van der Waals surface area contributed by atoms with E-state index < -0.39 is 0 Å². The number of para-hydroxylation sites is 1. The van der Waals surface area contributed by atoms with Gasteiger partial charge in [-0.25, -0.2) is 0 Å². The number of nitrogens with one attached hydrogen (secondary N) is 4. The summed E-state index contributed by atoms with van der Waals surface area (Å²) in [5, 5.41) is 8.35. The lowest BCUT2D eigenvalue weighted by molar-refractivity contribution is -0.862. The highest BCUT2D eigenvalue weighted by Crippen LogP contribution is 2.27. The molecule has 0 aromatic heterocycles. The fourth-order valence-corrected chi connectivity index (χ4v) is 3.04. The number of hydrogen-bond donors (Lipinski definition) is 4. The number of hydrogen-bond acceptors (Lipinski definition) is 4. The van der Waals surface area contributed by atoms with Gasteiger partial charge in [-0.15, -0.1) is 0 Å². The first-order valence-corrected chi connectivity index (χ1v) is 9.77. The summed E-state index contributed by atoms with van der Waals surface area (Å²) in [4.78, 5) is 36.8. The Kier molecular flexibility index (Phi) is 8.37. The molecule has 0 aliphatic rings. The summed E-state index contributed by atoms with van der Waals surface area (Å²) in [5.41, 5.74) is 2.85. The normalized spacial score (nSPS) is 11.3. The van der Waals surface area contributed by atoms with E-state index in [4.69, 9.17) is 4.74 Å². The molecule has 8 heteroatoms. The summed E-state index contributed by atoms with van der Waals surface area (Å²) >= 11 is 0. The third-order valence-corrected chi connectivity index (χ3v) is 4.39. The Bertz CT molecular complexity index is 914. The van der Waals surface area contributed by atoms with Crippen LogP contribution in [0.15, 0.2) is 42.5 Å². The molecule has 0 saturated carbocycles. The van der Waals surface area contributed by atoms with Crippen molar-refractivity contribution in [3.05, 3.63) is 48.0 Å². The Labute approximate surface area is 176 Å². The number of amides is 3. The lowest BCUT2D eigenvalue weighted by atomic mass is 10.1. The predicted molar refractivity (Wildman–Crippen MR) is 117 cm³/mol. The van der Waals surface area contributed by atoms with Crippen molar-refractivity contribution in [3.8, 4) is 5.75 Å². The van der Waals surface area contributed by atoms with Crippen molar-refractivity contribution in [2.24, 2.45) is 0 Å². The highest BCUT2D eigenvalue weighted by Gasteiger charge is 2.17. The van der Waals surface area contributed by atoms with Crippen molar-refractivity contribution < 1.29 is 24.0 Å². The number of quaternary nitrogens is 1. The van der Waals surface area contributed by atoms with Gasteiger partial charge in [-0.05, 0) is 36.2 Å². The van der Waals surface area contributed by atoms with Crippen LogP contribution in [-0.2, 0) is 20.8 Å². The van der Waals surface area contributed by atoms with Gasteiger partial charge in [0.15, 0.2) is 13.1 Å². The summed E-state index contributed by atoms with van der Waals surface area (Å²) in [6.45, 7) is 3.68. The molecule has 1 unspecified atom stereocenters. The second-order valence-electron chi connectivity index (χ2n) is 7.01. The maximum Gasteiger partial charge on any atom is 0.279 e. The molecular weight excluding hydrogens is 384 g/mol. The number of carbonyl (C=O) groups is 3. The van der Waals surface area contributed by atoms with E-state index >= 15 is 0 Å². The summed E-state index contributed by atoms with van der Waals surface area (Å²) in [6, 6.07) is 12.6. The Morgan fingerprint density at radius 3 is 2.17 bits per heavy atom. The largest absolute Gasteiger partial charge is 0.495 e. The van der Waals surface area contributed by atoms with Gasteiger partial charge in [0.1, 0.15) is 5.75 Å². The number of carbonyl (C=O) groups excluding carboxylic acids is 3. The zero-order valence-electron chi connectivity index (χ0n) is 17.8. The number of rotatable bonds is 9. The van der Waals surface area contributed by atoms with E-state index in [-0.39, 0.29) is 30.8 Å². The number of benzene rings is 2. The molecule has 0 aliphatic carbocycles. The minimum atomic E-state index is -0.271. The number of ether oxygens (including phenoxy) is 1. The van der Waals surface area contributed by atoms with E-state index in [1.807, 2.05) is 31.2 Å². The van der Waals surface area contributed by atoms with E-state index in [0.717, 1.165) is 22.6 Å². The molecule has 0 saturated heterocycles. The summed E-state index contributed by atoms with van der Waals surface area (Å²) < 4.78 is 5.27. The van der Waals surface area contributed by atoms with Crippen molar-refractivity contribution in [1.29, 1.82) is 0 Å². The molecule has 0 spiro atoms. The third kappa shape index (κ3) is 6.89. The van der Waals surface area contributed by atoms with Crippen molar-refractivity contribution >= 4 is 34.8 Å². The van der Waals surface area contributed by atoms with Crippen LogP contribution >= 0.6 is 0 Å². The highest BCUT2D eigenvalue weighted by molar-refractivity contribution is 5.96. The lowest BCUT2D eigenvalue weighted by Crippen LogP contribution is -3.11. The van der Waals surface area contributed by atoms with E-state index in [9.17, 15) is 14.4 Å². The minimum Gasteiger partial charge on any atom is -0.495 e. The van der Waals surface area contributed by atoms with Gasteiger partial charge >= 0.3 is 0 Å². The SMILES string of the molecule is CCc1ccccc1NC(=O)C[NH+](C)CC(=O)Nc1cc(NC(C)=O)ccc1OC. The van der Waals surface area contributed by atoms with Crippen LogP contribution in [0.5, 0.6) is 5.75 Å². The molecule has 0 fully saturated rings. The van der Waals surface area contributed by atoms with E-state index in [1.165, 1.54) is 14.0 Å². The van der Waals surface area contributed by atoms with Crippen LogP contribution in [0.4, 0.5) is 17.1 Å². The highest BCUT2D eigenvalue weighted by atomic mass is 16.5. The number of anilines is 3. The molecule has 3 amide bonds. The van der Waals surface area contributed by atoms with Crippen molar-refractivity contribution in [1.82, 2.24) is 0 Å². The molecule has 4 N–H and O–H groups in total. The molecule has 2 aromatic carbocycles. The first-order chi connectivity index (χ1) is 14.3. The Balaban J connectivity index is 1.94. The second-order valence-corrected chi connectivity index (χ2v) is 7.01. The van der Waals surface area contributed by atoms with Crippen LogP contribution < -0.4 is 25.6 Å². The Hall–Kier alpha value is -3.39. The van der Waals surface area contributed by atoms with Crippen molar-refractivity contribution in [2.45, 2.75) is 20.3 Å². The van der Waals surface area contributed by atoms with Crippen molar-refractivity contribution in [3.63, 3.8) is 0 Å². The van der Waals surface area contributed by atoms with E-state index in [1.54, 1.807) is 25.2 Å². The summed E-state index contributed by atoms with van der Waals surface area (Å²) in [6.07, 6.45) is 0.820. The molecule has 30 heavy (non-hydrogen) atoms. The monoisotopic (exact) mass is 413 g/mol. The molecule has 2 aromatic rings. The topological polar surface area (TPSA) is 101 Å². The van der Waals surface area contributed by atoms with Crippen LogP contribution in [0.25, 0.3) is 0 Å². The van der Waals surface area contributed by atoms with Gasteiger partial charge in [-0.2, -0.15) is 0 Å². The zero-order chi connectivity index (χ0) is 22.1. The number of aryl methyl sites for hydroxylation is 1. The van der Waals surface area contributed by atoms with Gasteiger partial charge in [0, 0.05) is 18.3 Å². The van der Waals surface area contributed by atoms with E-state index in [0.29, 0.717) is 17.1 Å². The smallest absolute Gasteiger partial charge is 0.279 e. The predicted octanol–water partition coefficient (Wildman–Crippen LogP) is 1.31. The molecule has 0 heterocycles. The fraction of sp³-hybridized carbons (Fsp3) is 0.318. The molecule has 8 nitrogen and oxygen atoms in total. The molecular formula is C22H29N4O4+. The summed E-state index contributed by atoms with van der Waals surface area (Å²) in [7, 11) is 3.27. The van der Waals surface area contributed by atoms with Crippen LogP contribution in [-0.4, -0.2) is 45.0 Å². The van der Waals surface area contributed by atoms with Crippen molar-refractivity contribution in [2.75, 3.05) is 43.2 Å². The molecule has 0 bridgehead atoms. The fourth-order valence-electron chi connectivity index (χ4n) is 3.04. The number of likely N-dealkylation sites (N-methyl/N-ethyl adjacent to an activating group) is 1. The first-order valence-electron chi connectivity index (χ1n) is 9.77. The van der Waals surface area contributed by atoms with Crippen LogP contribution in [0.3, 0.4) is 0 Å². The molecule has 0 aliphatic heterocycles. The standard InChI is InChI=1S/C22H28N4O4/c1-5-16-8-6-7-9-18(16)24-21(28)13-26(3)14-22(29)25-19-12-17(23-15(2)27)10-11-20(19)30-4/h6-12H,5,13-14H2,1-4H3,(H,23,27)(H,24,28)(H,25,29)/p+1. The average molecular weight is 413 g/mol. The van der Waals surface area contributed by atoms with Gasteiger partial charge < -0.3 is 25.6 Å². The minimum absolute atomic E-state index is 0.0936. The summed E-state index contributed by atoms with van der Waals surface area (Å²) in [5.74, 6) is -0.166. The second kappa shape index (κ2) is 11.0. The first kappa shape index (κ1) is 22.9. The van der Waals surface area contributed by atoms with Crippen LogP contribution in [0.1, 0.15) is 19.4 Å². The zero-order valence-corrected chi connectivity index (χ0v) is 17.8. The molecule has 2 rings (SSSR count). The van der Waals surface area contributed by atoms with Crippen LogP contribution in [0.2, 0.25) is 0 Å². The molecule has 1 atom stereocenters. The third-order valence-electron chi connectivity index (χ3n) is 4.39. The Morgan fingerprint density at radius 1 is 0.933 bits per heavy atom. The molecule has 0 radical (unpaired) electrons. The van der Waals surface area contributed by atoms with Gasteiger partial charge in [-0.3, -0.25) is 14.4 Å². The van der Waals surface area contributed by atoms with Crippen LogP contribution in [0, 0.1) is 0 Å². The van der Waals surface area contributed by atoms with E-state index in [2.05, 4.69) is 16.0 Å². The quantitative estimate of drug-likeness (QED) is 0.498. The van der Waals surface area contributed by atoms with Gasteiger partial charge in [0.25, 0.3) is 11.8 Å².